The Bertz CT molecular complexity index is 3980. The Kier molecular flexibility index (Phi) is 40.3. The molecule has 2 aromatic carbocycles. The van der Waals surface area contributed by atoms with Gasteiger partial charge < -0.3 is 88.9 Å². The number of rotatable bonds is 56. The average Bonchev–Trinajstić information content (AvgIpc) is 1.62. The van der Waals surface area contributed by atoms with Crippen molar-refractivity contribution in [3.05, 3.63) is 107 Å². The largest absolute Gasteiger partial charge is 0.464 e. The van der Waals surface area contributed by atoms with Crippen LogP contribution in [0.25, 0.3) is 33.4 Å². The summed E-state index contributed by atoms with van der Waals surface area (Å²) < 4.78 is 58.8. The summed E-state index contributed by atoms with van der Waals surface area (Å²) in [4.78, 5) is 92.3. The van der Waals surface area contributed by atoms with Crippen LogP contribution < -0.4 is 22.1 Å². The van der Waals surface area contributed by atoms with E-state index in [4.69, 9.17) is 63.6 Å². The highest BCUT2D eigenvalue weighted by Gasteiger charge is 2.34. The lowest BCUT2D eigenvalue weighted by molar-refractivity contribution is -0.138. The van der Waals surface area contributed by atoms with Crippen molar-refractivity contribution < 1.29 is 80.9 Å². The Hall–Kier alpha value is -8.00. The second-order valence-electron chi connectivity index (χ2n) is 32.1. The molecule has 6 heterocycles. The Labute approximate surface area is 690 Å². The standard InChI is InChI=1S/C89H131N11O17/c1-62(13-8-7-9-14-63(2)83(108-6)54-76-16-12-17-77(58-101)116-76)49-64(3)80(105)55-81(106)66(5)50-65(4)79(104)53-75(115-61-103)26-21-67-19-24-73(25-20-67)93-33-38-110-40-42-112-44-46-114-48-47-113-45-43-111-41-39-109-37-11-10-15-74(28-32-92-60-102)98-34-29-69(30-35-98)88(107)99-36-31-70-51-68(18-22-72(70)57-99)56-100-87-84(86(90)94-59-95-87)85(97-100)71-23-27-82-78(52-71)96-89(91)117-82/h7-9,13-14,18,22-23,27,50-52,58-62,64-65,67,69,73-77,81,83,93,106H,10-12,15-17,19-21,24-26,28-49,53-57H2,1-6H3,(H2,91,96)(H,92,102)(H2,90,94,95)/b9-7+,13-8+,63-14+,66-50+. The van der Waals surface area contributed by atoms with Crippen LogP contribution in [0, 0.1) is 29.6 Å². The number of Topliss-reactive ketones (excluding diaryl/α,β-unsaturated/α-hetero) is 2. The second-order valence-corrected chi connectivity index (χ2v) is 32.1. The average molecular weight is 1630 g/mol. The zero-order valence-corrected chi connectivity index (χ0v) is 70.0. The summed E-state index contributed by atoms with van der Waals surface area (Å²) in [6, 6.07) is 12.9. The third kappa shape index (κ3) is 31.0. The summed E-state index contributed by atoms with van der Waals surface area (Å²) in [6.45, 7) is 20.7. The van der Waals surface area contributed by atoms with Gasteiger partial charge in [-0.1, -0.05) is 75.4 Å². The maximum absolute atomic E-state index is 14.1. The minimum atomic E-state index is -1.00. The molecular formula is C89H131N11O17. The molecule has 1 saturated carbocycles. The SMILES string of the molecule is COC(CC1CCCC(C=O)O1)/C(C)=C/C=C/C=C/C(C)CC(C)C(=O)CC(O)/C(C)=C/C(C)C(=O)CC(CCC1CCC(NCCOCCOCCOCCOCCOCCOCCCCC(CCNC=O)N2CCC(C(=O)N3CCc4cc(Cn5nc(-c6ccc7oc(N)nc7c6)c6c(N)ncnc65)ccc4C3)CC2)CC1)OC=O. The van der Waals surface area contributed by atoms with Crippen LogP contribution in [0.1, 0.15) is 173 Å². The molecule has 9 atom stereocenters. The Balaban J connectivity index is 0.525. The number of oxazole rings is 1. The maximum atomic E-state index is 14.1. The van der Waals surface area contributed by atoms with E-state index in [9.17, 15) is 33.9 Å². The van der Waals surface area contributed by atoms with Crippen molar-refractivity contribution in [3.63, 3.8) is 0 Å². The number of methoxy groups -OCH3 is 1. The maximum Gasteiger partial charge on any atom is 0.293 e. The third-order valence-electron chi connectivity index (χ3n) is 23.3. The van der Waals surface area contributed by atoms with Crippen molar-refractivity contribution >= 4 is 70.6 Å². The number of nitrogens with zero attached hydrogens (tertiary/aromatic N) is 7. The Morgan fingerprint density at radius 3 is 2.15 bits per heavy atom. The summed E-state index contributed by atoms with van der Waals surface area (Å²) in [5, 5.41) is 23.2. The number of nitrogen functional groups attached to an aromatic ring is 2. The number of amides is 2. The van der Waals surface area contributed by atoms with Gasteiger partial charge in [-0.2, -0.15) is 10.1 Å². The van der Waals surface area contributed by atoms with E-state index in [2.05, 4.69) is 61.7 Å². The number of nitrogens with one attached hydrogen (secondary N) is 2. The first-order valence-corrected chi connectivity index (χ1v) is 42.7. The first-order chi connectivity index (χ1) is 56.9. The monoisotopic (exact) mass is 1630 g/mol. The fraction of sp³-hybridized carbons (Fsp3) is 0.640. The van der Waals surface area contributed by atoms with Gasteiger partial charge in [-0.25, -0.2) is 14.6 Å². The normalized spacial score (nSPS) is 19.8. The number of aromatic nitrogens is 5. The molecule has 3 fully saturated rings. The summed E-state index contributed by atoms with van der Waals surface area (Å²) in [7, 11) is 1.69. The number of piperidine rings is 1. The lowest BCUT2D eigenvalue weighted by atomic mass is 9.82. The molecule has 0 radical (unpaired) electrons. The predicted octanol–water partition coefficient (Wildman–Crippen LogP) is 10.8. The first kappa shape index (κ1) is 92.9. The van der Waals surface area contributed by atoms with E-state index in [1.54, 1.807) is 27.0 Å². The van der Waals surface area contributed by atoms with Gasteiger partial charge in [-0.05, 0) is 194 Å². The number of hydrogen-bond acceptors (Lipinski definition) is 25. The van der Waals surface area contributed by atoms with Crippen LogP contribution in [0.15, 0.2) is 94.7 Å². The van der Waals surface area contributed by atoms with Gasteiger partial charge in [0, 0.05) is 94.6 Å². The molecule has 644 valence electrons. The molecule has 0 bridgehead atoms. The van der Waals surface area contributed by atoms with Gasteiger partial charge in [0.1, 0.15) is 53.4 Å². The summed E-state index contributed by atoms with van der Waals surface area (Å²) in [5.41, 5.74) is 20.6. The van der Waals surface area contributed by atoms with Crippen molar-refractivity contribution in [3.8, 4) is 11.3 Å². The lowest BCUT2D eigenvalue weighted by Crippen LogP contribution is -2.47. The van der Waals surface area contributed by atoms with Gasteiger partial charge in [0.25, 0.3) is 12.5 Å². The van der Waals surface area contributed by atoms with Gasteiger partial charge in [-0.3, -0.25) is 24.0 Å². The number of nitrogens with two attached hydrogens (primary N) is 2. The molecule has 2 amide bonds. The number of carbonyl (C=O) groups excluding carboxylic acids is 6. The van der Waals surface area contributed by atoms with E-state index in [1.165, 1.54) is 11.9 Å². The molecule has 28 nitrogen and oxygen atoms in total. The van der Waals surface area contributed by atoms with Crippen LogP contribution >= 0.6 is 0 Å². The topological polar surface area (TPSA) is 358 Å². The number of hydrogen-bond donors (Lipinski definition) is 5. The fourth-order valence-electron chi connectivity index (χ4n) is 16.5. The molecule has 9 rings (SSSR count). The molecule has 1 aliphatic carbocycles. The van der Waals surface area contributed by atoms with E-state index < -0.39 is 18.1 Å². The number of allylic oxidation sites excluding steroid dienone is 6. The fourth-order valence-corrected chi connectivity index (χ4v) is 16.5. The van der Waals surface area contributed by atoms with Crippen LogP contribution in [0.2, 0.25) is 0 Å². The Morgan fingerprint density at radius 2 is 1.45 bits per heavy atom. The van der Waals surface area contributed by atoms with Gasteiger partial charge >= 0.3 is 0 Å². The molecule has 28 heteroatoms. The number of unbranched alkanes of at least 4 members (excludes halogenated alkanes) is 1. The van der Waals surface area contributed by atoms with Crippen LogP contribution in [-0.4, -0.2) is 238 Å². The molecule has 4 aliphatic rings. The second kappa shape index (κ2) is 50.8. The van der Waals surface area contributed by atoms with Gasteiger partial charge in [0.2, 0.25) is 12.3 Å². The number of benzene rings is 2. The third-order valence-corrected chi connectivity index (χ3v) is 23.3. The van der Waals surface area contributed by atoms with Crippen LogP contribution in [0.3, 0.4) is 0 Å². The smallest absolute Gasteiger partial charge is 0.293 e. The number of fused-ring (bicyclic) bond motifs is 3. The van der Waals surface area contributed by atoms with Gasteiger partial charge in [0.05, 0.1) is 103 Å². The number of aliphatic hydroxyl groups excluding tert-OH is 1. The van der Waals surface area contributed by atoms with Crippen molar-refractivity contribution in [2.75, 3.05) is 131 Å². The van der Waals surface area contributed by atoms with Crippen molar-refractivity contribution in [1.82, 2.24) is 45.2 Å². The summed E-state index contributed by atoms with van der Waals surface area (Å²) >= 11 is 0. The minimum Gasteiger partial charge on any atom is -0.464 e. The van der Waals surface area contributed by atoms with Gasteiger partial charge in [0.15, 0.2) is 11.2 Å². The molecule has 0 spiro atoms. The van der Waals surface area contributed by atoms with E-state index in [-0.39, 0.29) is 72.4 Å². The summed E-state index contributed by atoms with van der Waals surface area (Å²) in [6.07, 6.45) is 28.7. The van der Waals surface area contributed by atoms with Crippen molar-refractivity contribution in [2.45, 2.75) is 219 Å². The van der Waals surface area contributed by atoms with Crippen LogP contribution in [-0.2, 0) is 90.9 Å². The molecule has 9 unspecified atom stereocenters. The zero-order chi connectivity index (χ0) is 83.1. The lowest BCUT2D eigenvalue weighted by Gasteiger charge is -2.39. The number of likely N-dealkylation sites (tertiary alicyclic amines) is 1. The van der Waals surface area contributed by atoms with Crippen molar-refractivity contribution in [2.24, 2.45) is 29.6 Å². The highest BCUT2D eigenvalue weighted by molar-refractivity contribution is 5.99. The van der Waals surface area contributed by atoms with E-state index in [1.807, 2.05) is 65.9 Å². The highest BCUT2D eigenvalue weighted by Crippen LogP contribution is 2.35. The Morgan fingerprint density at radius 1 is 0.735 bits per heavy atom. The van der Waals surface area contributed by atoms with Crippen molar-refractivity contribution in [1.29, 1.82) is 0 Å². The van der Waals surface area contributed by atoms with E-state index in [0.717, 1.165) is 151 Å². The predicted molar refractivity (Wildman–Crippen MR) is 448 cm³/mol. The number of ether oxygens (including phenoxy) is 9. The number of anilines is 2. The number of aliphatic hydroxyl groups is 1. The molecule has 5 aromatic rings. The van der Waals surface area contributed by atoms with E-state index >= 15 is 0 Å². The number of ketones is 2. The van der Waals surface area contributed by atoms with Gasteiger partial charge in [-0.15, -0.1) is 0 Å². The highest BCUT2D eigenvalue weighted by atomic mass is 16.6. The number of carbonyl (C=O) groups is 6. The first-order valence-electron chi connectivity index (χ1n) is 42.7. The molecule has 7 N–H and O–H groups in total. The molecule has 3 aromatic heterocycles. The van der Waals surface area contributed by atoms with Crippen LogP contribution in [0.5, 0.6) is 0 Å². The minimum absolute atomic E-state index is 0.000279. The summed E-state index contributed by atoms with van der Waals surface area (Å²) in [5.74, 6) is 0.264. The molecule has 117 heavy (non-hydrogen) atoms. The quantitative estimate of drug-likeness (QED) is 0.0104. The number of aldehydes is 1. The molecular weight excluding hydrogens is 1500 g/mol. The van der Waals surface area contributed by atoms with Crippen LogP contribution in [0.4, 0.5) is 11.8 Å². The molecule has 2 saturated heterocycles. The molecule has 3 aliphatic heterocycles. The zero-order valence-electron chi connectivity index (χ0n) is 70.0. The van der Waals surface area contributed by atoms with E-state index in [0.29, 0.717) is 188 Å².